The molecule has 3 heterocycles. The van der Waals surface area contributed by atoms with Crippen molar-refractivity contribution >= 4 is 11.6 Å². The van der Waals surface area contributed by atoms with E-state index < -0.39 is 0 Å². The molecule has 1 aromatic carbocycles. The molecule has 1 aliphatic heterocycles. The van der Waals surface area contributed by atoms with Gasteiger partial charge in [-0.05, 0) is 19.1 Å². The minimum Gasteiger partial charge on any atom is -0.493 e. The molecule has 136 valence electrons. The molecule has 0 radical (unpaired) electrons. The van der Waals surface area contributed by atoms with E-state index in [1.807, 2.05) is 6.92 Å². The van der Waals surface area contributed by atoms with Gasteiger partial charge in [-0.2, -0.15) is 4.98 Å². The number of benzene rings is 1. The Morgan fingerprint density at radius 3 is 2.65 bits per heavy atom. The Hall–Kier alpha value is -2.58. The molecule has 0 amide bonds. The standard InChI is InChI=1S/C17H18ClN5O3/c1-8-13(21-15(20-8)10-6-19-7-10)17-22-16(23-26-17)9-4-11(18)14(25-3)12(5-9)24-2/h4-5,10,19H,6-7H2,1-3H3,(H,20,21). The topological polar surface area (TPSA) is 98.1 Å². The van der Waals surface area contributed by atoms with Gasteiger partial charge in [0.15, 0.2) is 11.5 Å². The fourth-order valence-corrected chi connectivity index (χ4v) is 3.14. The number of hydrogen-bond acceptors (Lipinski definition) is 7. The Morgan fingerprint density at radius 2 is 2.00 bits per heavy atom. The summed E-state index contributed by atoms with van der Waals surface area (Å²) < 4.78 is 16.0. The van der Waals surface area contributed by atoms with Crippen LogP contribution in [0.1, 0.15) is 17.4 Å². The predicted octanol–water partition coefficient (Wildman–Crippen LogP) is 2.79. The normalized spacial score (nSPS) is 14.3. The minimum absolute atomic E-state index is 0.359. The third-order valence-electron chi connectivity index (χ3n) is 4.39. The van der Waals surface area contributed by atoms with Crippen molar-refractivity contribution in [1.82, 2.24) is 25.4 Å². The lowest BCUT2D eigenvalue weighted by atomic mass is 10.0. The van der Waals surface area contributed by atoms with E-state index in [1.54, 1.807) is 19.2 Å². The molecule has 1 saturated heterocycles. The quantitative estimate of drug-likeness (QED) is 0.707. The van der Waals surface area contributed by atoms with Crippen LogP contribution >= 0.6 is 11.6 Å². The summed E-state index contributed by atoms with van der Waals surface area (Å²) in [4.78, 5) is 12.4. The van der Waals surface area contributed by atoms with Crippen molar-refractivity contribution in [3.05, 3.63) is 28.7 Å². The average Bonchev–Trinajstić information content (AvgIpc) is 3.19. The highest BCUT2D eigenvalue weighted by molar-refractivity contribution is 6.32. The molecule has 0 saturated carbocycles. The molecule has 0 aliphatic carbocycles. The van der Waals surface area contributed by atoms with E-state index >= 15 is 0 Å². The highest BCUT2D eigenvalue weighted by Gasteiger charge is 2.25. The Morgan fingerprint density at radius 1 is 1.19 bits per heavy atom. The SMILES string of the molecule is COc1cc(-c2noc(-c3nc(C4CNC4)[nH]c3C)n2)cc(Cl)c1OC. The molecule has 2 N–H and O–H groups in total. The molecule has 9 heteroatoms. The van der Waals surface area contributed by atoms with E-state index in [1.165, 1.54) is 7.11 Å². The third kappa shape index (κ3) is 2.81. The number of methoxy groups -OCH3 is 2. The van der Waals surface area contributed by atoms with Crippen LogP contribution in [0, 0.1) is 6.92 Å². The van der Waals surface area contributed by atoms with Crippen molar-refractivity contribution < 1.29 is 14.0 Å². The summed E-state index contributed by atoms with van der Waals surface area (Å²) in [7, 11) is 3.08. The van der Waals surface area contributed by atoms with Gasteiger partial charge in [0.25, 0.3) is 5.89 Å². The molecule has 26 heavy (non-hydrogen) atoms. The summed E-state index contributed by atoms with van der Waals surface area (Å²) in [5, 5.41) is 7.70. The van der Waals surface area contributed by atoms with E-state index in [9.17, 15) is 0 Å². The van der Waals surface area contributed by atoms with Gasteiger partial charge in [0.05, 0.1) is 19.2 Å². The summed E-state index contributed by atoms with van der Waals surface area (Å²) in [6.45, 7) is 3.78. The van der Waals surface area contributed by atoms with Crippen molar-refractivity contribution in [3.63, 3.8) is 0 Å². The average molecular weight is 376 g/mol. The van der Waals surface area contributed by atoms with Crippen LogP contribution in [-0.4, -0.2) is 47.4 Å². The van der Waals surface area contributed by atoms with Crippen molar-refractivity contribution in [1.29, 1.82) is 0 Å². The first-order valence-corrected chi connectivity index (χ1v) is 8.51. The van der Waals surface area contributed by atoms with E-state index in [0.29, 0.717) is 45.4 Å². The fraction of sp³-hybridized carbons (Fsp3) is 0.353. The molecule has 3 aromatic rings. The maximum absolute atomic E-state index is 6.26. The van der Waals surface area contributed by atoms with Crippen LogP contribution in [-0.2, 0) is 0 Å². The first kappa shape index (κ1) is 16.9. The number of hydrogen-bond donors (Lipinski definition) is 2. The van der Waals surface area contributed by atoms with Gasteiger partial charge in [-0.25, -0.2) is 4.98 Å². The summed E-state index contributed by atoms with van der Waals surface area (Å²) in [5.41, 5.74) is 2.23. The number of nitrogens with zero attached hydrogens (tertiary/aromatic N) is 3. The molecule has 0 unspecified atom stereocenters. The number of ether oxygens (including phenoxy) is 2. The largest absolute Gasteiger partial charge is 0.493 e. The second kappa shape index (κ2) is 6.62. The first-order chi connectivity index (χ1) is 12.6. The van der Waals surface area contributed by atoms with Crippen LogP contribution in [0.3, 0.4) is 0 Å². The Balaban J connectivity index is 1.68. The van der Waals surface area contributed by atoms with Gasteiger partial charge < -0.3 is 24.3 Å². The second-order valence-corrected chi connectivity index (χ2v) is 6.47. The molecule has 0 spiro atoms. The zero-order chi connectivity index (χ0) is 18.3. The fourth-order valence-electron chi connectivity index (χ4n) is 2.85. The van der Waals surface area contributed by atoms with Crippen LogP contribution in [0.4, 0.5) is 0 Å². The van der Waals surface area contributed by atoms with Crippen molar-refractivity contribution in [3.8, 4) is 34.5 Å². The zero-order valence-electron chi connectivity index (χ0n) is 14.6. The molecule has 4 rings (SSSR count). The monoisotopic (exact) mass is 375 g/mol. The number of rotatable bonds is 5. The predicted molar refractivity (Wildman–Crippen MR) is 95.8 cm³/mol. The lowest BCUT2D eigenvalue weighted by Crippen LogP contribution is -2.40. The van der Waals surface area contributed by atoms with Crippen LogP contribution in [0.2, 0.25) is 5.02 Å². The van der Waals surface area contributed by atoms with Gasteiger partial charge in [-0.15, -0.1) is 0 Å². The van der Waals surface area contributed by atoms with Gasteiger partial charge in [0.1, 0.15) is 11.5 Å². The van der Waals surface area contributed by atoms with Crippen LogP contribution in [0.5, 0.6) is 11.5 Å². The molecule has 8 nitrogen and oxygen atoms in total. The molecule has 0 atom stereocenters. The lowest BCUT2D eigenvalue weighted by molar-refractivity contribution is 0.355. The van der Waals surface area contributed by atoms with E-state index in [-0.39, 0.29) is 0 Å². The highest BCUT2D eigenvalue weighted by atomic mass is 35.5. The number of H-pyrrole nitrogens is 1. The van der Waals surface area contributed by atoms with E-state index in [0.717, 1.165) is 24.6 Å². The molecular weight excluding hydrogens is 358 g/mol. The third-order valence-corrected chi connectivity index (χ3v) is 4.67. The number of aromatic amines is 1. The van der Waals surface area contributed by atoms with Crippen molar-refractivity contribution in [2.24, 2.45) is 0 Å². The van der Waals surface area contributed by atoms with Gasteiger partial charge >= 0.3 is 0 Å². The van der Waals surface area contributed by atoms with Crippen LogP contribution in [0.25, 0.3) is 23.0 Å². The Kier molecular flexibility index (Phi) is 4.29. The maximum Gasteiger partial charge on any atom is 0.278 e. The lowest BCUT2D eigenvalue weighted by Gasteiger charge is -2.24. The summed E-state index contributed by atoms with van der Waals surface area (Å²) in [6.07, 6.45) is 0. The number of imidazole rings is 1. The van der Waals surface area contributed by atoms with Gasteiger partial charge in [0.2, 0.25) is 5.82 Å². The van der Waals surface area contributed by atoms with E-state index in [2.05, 4.69) is 25.4 Å². The molecule has 2 aromatic heterocycles. The summed E-state index contributed by atoms with van der Waals surface area (Å²) >= 11 is 6.26. The number of aryl methyl sites for hydroxylation is 1. The molecule has 1 aliphatic rings. The molecule has 1 fully saturated rings. The van der Waals surface area contributed by atoms with Crippen LogP contribution in [0.15, 0.2) is 16.7 Å². The first-order valence-electron chi connectivity index (χ1n) is 8.14. The van der Waals surface area contributed by atoms with Crippen molar-refractivity contribution in [2.45, 2.75) is 12.8 Å². The number of halogens is 1. The van der Waals surface area contributed by atoms with E-state index in [4.69, 9.17) is 25.6 Å². The Bertz CT molecular complexity index is 948. The number of nitrogens with one attached hydrogen (secondary N) is 2. The zero-order valence-corrected chi connectivity index (χ0v) is 15.3. The molecular formula is C17H18ClN5O3. The van der Waals surface area contributed by atoms with Gasteiger partial charge in [-0.1, -0.05) is 16.8 Å². The molecule has 0 bridgehead atoms. The Labute approximate surface area is 154 Å². The second-order valence-electron chi connectivity index (χ2n) is 6.07. The smallest absolute Gasteiger partial charge is 0.278 e. The minimum atomic E-state index is 0.359. The van der Waals surface area contributed by atoms with Crippen molar-refractivity contribution in [2.75, 3.05) is 27.3 Å². The van der Waals surface area contributed by atoms with Gasteiger partial charge in [0, 0.05) is 30.3 Å². The van der Waals surface area contributed by atoms with Gasteiger partial charge in [-0.3, -0.25) is 0 Å². The van der Waals surface area contributed by atoms with Crippen LogP contribution < -0.4 is 14.8 Å². The summed E-state index contributed by atoms with van der Waals surface area (Å²) in [6, 6.07) is 3.46. The number of aromatic nitrogens is 4. The maximum atomic E-state index is 6.26. The highest BCUT2D eigenvalue weighted by Crippen LogP contribution is 2.39. The summed E-state index contributed by atoms with van der Waals surface area (Å²) in [5.74, 6) is 3.05.